The fourth-order valence-corrected chi connectivity index (χ4v) is 0.447. The minimum Gasteiger partial charge on any atom is -0.264 e. The van der Waals surface area contributed by atoms with Crippen LogP contribution < -0.4 is 0 Å². The molecule has 0 bridgehead atoms. The molecule has 1 N–H and O–H groups in total. The lowest BCUT2D eigenvalue weighted by molar-refractivity contribution is 0.283. The second kappa shape index (κ2) is 8.79. The first kappa shape index (κ1) is 16.4. The first-order valence-electron chi connectivity index (χ1n) is 1.94. The summed E-state index contributed by atoms with van der Waals surface area (Å²) in [5.74, 6) is 0. The molecule has 0 aromatic heterocycles. The molecule has 0 aliphatic carbocycles. The first-order valence-corrected chi connectivity index (χ1v) is 3.30. The topological polar surface area (TPSA) is 87.4 Å². The first-order chi connectivity index (χ1) is 4.06. The van der Waals surface area contributed by atoms with Crippen LogP contribution in [0.4, 0.5) is 0 Å². The van der Waals surface area contributed by atoms with Gasteiger partial charge in [-0.25, -0.2) is 9.44 Å². The van der Waals surface area contributed by atoms with E-state index in [1.54, 1.807) is 0 Å². The molecule has 7 heteroatoms. The highest BCUT2D eigenvalue weighted by Gasteiger charge is 1.98. The van der Waals surface area contributed by atoms with Gasteiger partial charge in [0, 0.05) is 6.57 Å². The van der Waals surface area contributed by atoms with Crippen molar-refractivity contribution in [1.29, 1.82) is 5.26 Å². The van der Waals surface area contributed by atoms with Crippen molar-refractivity contribution in [3.8, 4) is 6.57 Å². The Hall–Kier alpha value is -0.210. The van der Waals surface area contributed by atoms with Crippen molar-refractivity contribution in [3.05, 3.63) is 0 Å². The molecule has 0 aromatic carbocycles. The van der Waals surface area contributed by atoms with E-state index in [-0.39, 0.29) is 16.5 Å². The van der Waals surface area contributed by atoms with Crippen molar-refractivity contribution in [2.45, 2.75) is 6.92 Å². The molecule has 1 unspecified atom stereocenters. The summed E-state index contributed by atoms with van der Waals surface area (Å²) < 4.78 is 30.7. The average Bonchev–Trinajstić information content (AvgIpc) is 1.69. The zero-order valence-electron chi connectivity index (χ0n) is 5.52. The Morgan fingerprint density at radius 3 is 1.90 bits per heavy atom. The molecule has 0 amide bonds. The van der Waals surface area contributed by atoms with Gasteiger partial charge < -0.3 is 0 Å². The lowest BCUT2D eigenvalue weighted by Crippen LogP contribution is -2.01. The molecule has 5 nitrogen and oxygen atoms in total. The Bertz CT molecular complexity index is 163. The summed E-state index contributed by atoms with van der Waals surface area (Å²) in [5, 5.41) is 6.50. The summed E-state index contributed by atoms with van der Waals surface area (Å²) in [6, 6.07) is 0. The van der Waals surface area contributed by atoms with E-state index in [1.165, 1.54) is 6.92 Å². The van der Waals surface area contributed by atoms with Gasteiger partial charge in [0.15, 0.2) is 0 Å². The fourth-order valence-electron chi connectivity index (χ4n) is 0.149. The lowest BCUT2D eigenvalue weighted by Gasteiger charge is -1.88. The third kappa shape index (κ3) is 25.0. The van der Waals surface area contributed by atoms with Crippen LogP contribution in [0.5, 0.6) is 0 Å². The van der Waals surface area contributed by atoms with E-state index in [4.69, 9.17) is 9.81 Å². The monoisotopic (exact) mass is 187 g/mol. The highest BCUT2D eigenvalue weighted by atomic mass is 32.3. The highest BCUT2D eigenvalue weighted by molar-refractivity contribution is 7.80. The molecule has 1 atom stereocenters. The second-order valence-electron chi connectivity index (χ2n) is 0.834. The third-order valence-electron chi connectivity index (χ3n) is 0.267. The van der Waals surface area contributed by atoms with Crippen molar-refractivity contribution in [2.24, 2.45) is 0 Å². The minimum absolute atomic E-state index is 0. The van der Waals surface area contributed by atoms with Gasteiger partial charge in [-0.1, -0.05) is 0 Å². The highest BCUT2D eigenvalue weighted by Crippen LogP contribution is 1.81. The second-order valence-corrected chi connectivity index (χ2v) is 1.93. The largest absolute Gasteiger partial charge is 0.397 e. The average molecular weight is 187 g/mol. The van der Waals surface area contributed by atoms with Crippen LogP contribution in [0.1, 0.15) is 6.92 Å². The zero-order valence-corrected chi connectivity index (χ0v) is 7.75. The van der Waals surface area contributed by atoms with E-state index in [0.717, 1.165) is 0 Å². The predicted octanol–water partition coefficient (Wildman–Crippen LogP) is 0.0236. The van der Waals surface area contributed by atoms with E-state index in [0.29, 0.717) is 0 Å². The Morgan fingerprint density at radius 2 is 1.90 bits per heavy atom. The fraction of sp³-hybridized carbons (Fsp3) is 0.667. The number of rotatable bonds is 2. The van der Waals surface area contributed by atoms with Crippen molar-refractivity contribution in [2.75, 3.05) is 6.61 Å². The van der Waals surface area contributed by atoms with Crippen LogP contribution in [0.2, 0.25) is 0 Å². The number of nitriles is 1. The van der Waals surface area contributed by atoms with E-state index >= 15 is 0 Å². The van der Waals surface area contributed by atoms with E-state index in [9.17, 15) is 8.42 Å². The molecule has 10 heavy (non-hydrogen) atoms. The number of nitrogens with zero attached hydrogens (tertiary/aromatic N) is 1. The maximum atomic E-state index is 9.56. The van der Waals surface area contributed by atoms with Gasteiger partial charge in [0.25, 0.3) is 0 Å². The summed E-state index contributed by atoms with van der Waals surface area (Å²) in [5.41, 5.74) is 0. The molecular weight excluding hydrogens is 177 g/mol. The normalized spacial score (nSPS) is 8.40. The quantitative estimate of drug-likeness (QED) is 0.486. The van der Waals surface area contributed by atoms with E-state index in [2.05, 4.69) is 10.8 Å². The maximum absolute atomic E-state index is 9.56. The van der Waals surface area contributed by atoms with Crippen LogP contribution in [0, 0.1) is 11.8 Å². The maximum Gasteiger partial charge on any atom is 0.397 e. The van der Waals surface area contributed by atoms with Crippen LogP contribution in [0.3, 0.4) is 0 Å². The standard InChI is InChI=1S/C2H6O4S.CHN.H3P/c1-2-6-7(3,4)5;1-2;/h2H2,1H3,(H,3,4,5);1H;1H3. The SMILES string of the molecule is C#N.CCOS(=O)(=O)O.P. The van der Waals surface area contributed by atoms with Gasteiger partial charge in [-0.15, -0.1) is 0 Å². The van der Waals surface area contributed by atoms with Crippen LogP contribution in [-0.2, 0) is 14.6 Å². The molecule has 62 valence electrons. The van der Waals surface area contributed by atoms with Gasteiger partial charge in [0.05, 0.1) is 6.61 Å². The number of hydrogen-bond acceptors (Lipinski definition) is 4. The molecular formula is C3H10NO4PS. The Labute approximate surface area is 63.6 Å². The number of hydrogen-bond donors (Lipinski definition) is 1. The molecule has 0 aliphatic heterocycles. The minimum atomic E-state index is -4.17. The Morgan fingerprint density at radius 1 is 1.60 bits per heavy atom. The lowest BCUT2D eigenvalue weighted by atomic mass is 10.9. The van der Waals surface area contributed by atoms with Crippen molar-refractivity contribution < 1.29 is 17.2 Å². The summed E-state index contributed by atoms with van der Waals surface area (Å²) in [7, 11) is -4.17. The molecule has 0 aromatic rings. The van der Waals surface area contributed by atoms with E-state index < -0.39 is 10.4 Å². The summed E-state index contributed by atoms with van der Waals surface area (Å²) in [6.07, 6.45) is 0. The molecule has 0 fully saturated rings. The van der Waals surface area contributed by atoms with E-state index in [1.807, 2.05) is 0 Å². The van der Waals surface area contributed by atoms with Crippen molar-refractivity contribution in [3.63, 3.8) is 0 Å². The molecule has 0 aliphatic rings. The van der Waals surface area contributed by atoms with Crippen LogP contribution >= 0.6 is 9.90 Å². The van der Waals surface area contributed by atoms with Gasteiger partial charge in [-0.2, -0.15) is 18.3 Å². The molecule has 0 rings (SSSR count). The van der Waals surface area contributed by atoms with Crippen molar-refractivity contribution >= 4 is 20.3 Å². The molecule has 0 radical (unpaired) electrons. The zero-order chi connectivity index (χ0) is 7.91. The summed E-state index contributed by atoms with van der Waals surface area (Å²) >= 11 is 0. The molecule has 0 saturated carbocycles. The predicted molar refractivity (Wildman–Crippen MR) is 40.9 cm³/mol. The summed E-state index contributed by atoms with van der Waals surface area (Å²) in [6.45, 7) is 4.94. The van der Waals surface area contributed by atoms with Crippen LogP contribution in [0.25, 0.3) is 0 Å². The van der Waals surface area contributed by atoms with Gasteiger partial charge in [0.1, 0.15) is 0 Å². The molecule has 0 heterocycles. The Balaban J connectivity index is -0.000000149. The van der Waals surface area contributed by atoms with Gasteiger partial charge >= 0.3 is 10.4 Å². The third-order valence-corrected chi connectivity index (χ3v) is 0.800. The van der Waals surface area contributed by atoms with Crippen molar-refractivity contribution in [1.82, 2.24) is 0 Å². The van der Waals surface area contributed by atoms with Gasteiger partial charge in [-0.3, -0.25) is 4.55 Å². The molecule has 0 saturated heterocycles. The Kier molecular flexibility index (Phi) is 14.4. The smallest absolute Gasteiger partial charge is 0.264 e. The van der Waals surface area contributed by atoms with Gasteiger partial charge in [0.2, 0.25) is 0 Å². The van der Waals surface area contributed by atoms with Crippen LogP contribution in [-0.4, -0.2) is 19.6 Å². The molecule has 0 spiro atoms. The summed E-state index contributed by atoms with van der Waals surface area (Å²) in [4.78, 5) is 0. The van der Waals surface area contributed by atoms with Crippen LogP contribution in [0.15, 0.2) is 0 Å². The van der Waals surface area contributed by atoms with Gasteiger partial charge in [-0.05, 0) is 6.92 Å².